The number of fused-ring (bicyclic) bond motifs is 1. The van der Waals surface area contributed by atoms with Crippen LogP contribution in [0.25, 0.3) is 0 Å². The minimum Gasteiger partial charge on any atom is -0.363 e. The van der Waals surface area contributed by atoms with Gasteiger partial charge in [-0.3, -0.25) is 14.9 Å². The van der Waals surface area contributed by atoms with Crippen LogP contribution in [-0.4, -0.2) is 86.9 Å². The first kappa shape index (κ1) is 27.2. The highest BCUT2D eigenvalue weighted by molar-refractivity contribution is 7.89. The van der Waals surface area contributed by atoms with E-state index >= 15 is 0 Å². The molecule has 0 aliphatic carbocycles. The Bertz CT molecular complexity index is 1330. The number of sulfonamides is 1. The van der Waals surface area contributed by atoms with E-state index in [0.29, 0.717) is 24.6 Å². The van der Waals surface area contributed by atoms with Crippen molar-refractivity contribution in [3.8, 4) is 0 Å². The highest BCUT2D eigenvalue weighted by Gasteiger charge is 2.42. The molecule has 2 aliphatic heterocycles. The lowest BCUT2D eigenvalue weighted by Crippen LogP contribution is -2.44. The van der Waals surface area contributed by atoms with Crippen molar-refractivity contribution in [2.75, 3.05) is 46.3 Å². The molecule has 11 nitrogen and oxygen atoms in total. The van der Waals surface area contributed by atoms with Gasteiger partial charge in [0.1, 0.15) is 11.7 Å². The summed E-state index contributed by atoms with van der Waals surface area (Å²) in [6, 6.07) is 5.08. The Kier molecular flexibility index (Phi) is 7.45. The number of hydrogen-bond acceptors (Lipinski definition) is 8. The van der Waals surface area contributed by atoms with Gasteiger partial charge >= 0.3 is 6.03 Å². The molecule has 4 rings (SSSR count). The van der Waals surface area contributed by atoms with Gasteiger partial charge in [-0.25, -0.2) is 13.2 Å². The van der Waals surface area contributed by atoms with Crippen LogP contribution in [0.3, 0.4) is 0 Å². The van der Waals surface area contributed by atoms with Crippen molar-refractivity contribution >= 4 is 44.2 Å². The fourth-order valence-electron chi connectivity index (χ4n) is 4.23. The van der Waals surface area contributed by atoms with Crippen LogP contribution in [0.1, 0.15) is 45.0 Å². The maximum absolute atomic E-state index is 13.1. The SMILES string of the molecule is CN1CCc2c(sc(NC(=O)c3ccc(S(=O)(=O)N4COCC4(C)C)cc3)c2C(=O)NC(=O)N(C)C)C1. The van der Waals surface area contributed by atoms with Gasteiger partial charge in [0.15, 0.2) is 0 Å². The molecule has 1 fully saturated rings. The summed E-state index contributed by atoms with van der Waals surface area (Å²) in [5.41, 5.74) is 0.660. The summed E-state index contributed by atoms with van der Waals surface area (Å²) in [6.07, 6.45) is 0.611. The Hall–Kier alpha value is -2.84. The normalized spacial score (nSPS) is 17.8. The number of urea groups is 1. The number of rotatable bonds is 5. The van der Waals surface area contributed by atoms with E-state index in [-0.39, 0.29) is 22.8 Å². The van der Waals surface area contributed by atoms with Gasteiger partial charge in [0, 0.05) is 37.6 Å². The molecule has 1 saturated heterocycles. The number of likely N-dealkylation sites (N-methyl/N-ethyl adjacent to an activating group) is 1. The number of nitrogens with one attached hydrogen (secondary N) is 2. The molecule has 1 aromatic carbocycles. The number of carbonyl (C=O) groups excluding carboxylic acids is 3. The summed E-state index contributed by atoms with van der Waals surface area (Å²) in [5, 5.41) is 5.52. The Morgan fingerprint density at radius 3 is 2.38 bits per heavy atom. The minimum atomic E-state index is -3.81. The van der Waals surface area contributed by atoms with E-state index in [1.807, 2.05) is 7.05 Å². The van der Waals surface area contributed by atoms with Crippen molar-refractivity contribution < 1.29 is 27.5 Å². The molecule has 0 spiro atoms. The summed E-state index contributed by atoms with van der Waals surface area (Å²) in [6.45, 7) is 5.21. The van der Waals surface area contributed by atoms with Gasteiger partial charge in [-0.05, 0) is 57.1 Å². The fourth-order valence-corrected chi connectivity index (χ4v) is 7.20. The molecule has 0 bridgehead atoms. The Morgan fingerprint density at radius 1 is 1.11 bits per heavy atom. The van der Waals surface area contributed by atoms with Gasteiger partial charge < -0.3 is 19.9 Å². The predicted octanol–water partition coefficient (Wildman–Crippen LogP) is 2.16. The zero-order valence-electron chi connectivity index (χ0n) is 21.5. The number of ether oxygens (including phenoxy) is 1. The lowest BCUT2D eigenvalue weighted by molar-refractivity contribution is 0.0956. The summed E-state index contributed by atoms with van der Waals surface area (Å²) < 4.78 is 32.8. The van der Waals surface area contributed by atoms with Crippen molar-refractivity contribution in [2.24, 2.45) is 0 Å². The van der Waals surface area contributed by atoms with Crippen molar-refractivity contribution in [3.63, 3.8) is 0 Å². The number of thiophene rings is 1. The van der Waals surface area contributed by atoms with E-state index in [4.69, 9.17) is 4.74 Å². The molecule has 37 heavy (non-hydrogen) atoms. The highest BCUT2D eigenvalue weighted by Crippen LogP contribution is 2.37. The summed E-state index contributed by atoms with van der Waals surface area (Å²) in [7, 11) is 1.23. The van der Waals surface area contributed by atoms with Crippen LogP contribution in [0.5, 0.6) is 0 Å². The molecule has 13 heteroatoms. The van der Waals surface area contributed by atoms with Crippen LogP contribution >= 0.6 is 11.3 Å². The van der Waals surface area contributed by atoms with Crippen molar-refractivity contribution in [3.05, 3.63) is 45.8 Å². The average molecular weight is 550 g/mol. The van der Waals surface area contributed by atoms with E-state index in [1.54, 1.807) is 13.8 Å². The quantitative estimate of drug-likeness (QED) is 0.585. The predicted molar refractivity (Wildman–Crippen MR) is 139 cm³/mol. The number of nitrogens with zero attached hydrogens (tertiary/aromatic N) is 3. The van der Waals surface area contributed by atoms with E-state index < -0.39 is 33.4 Å². The van der Waals surface area contributed by atoms with E-state index in [9.17, 15) is 22.8 Å². The van der Waals surface area contributed by atoms with Crippen LogP contribution in [0.4, 0.5) is 9.80 Å². The lowest BCUT2D eigenvalue weighted by atomic mass is 10.0. The first-order chi connectivity index (χ1) is 17.3. The third kappa shape index (κ3) is 5.41. The smallest absolute Gasteiger partial charge is 0.323 e. The Balaban J connectivity index is 1.58. The zero-order chi connectivity index (χ0) is 27.1. The van der Waals surface area contributed by atoms with Gasteiger partial charge in [0.2, 0.25) is 10.0 Å². The molecule has 2 aromatic rings. The maximum atomic E-state index is 13.1. The van der Waals surface area contributed by atoms with E-state index in [2.05, 4.69) is 15.5 Å². The van der Waals surface area contributed by atoms with E-state index in [1.165, 1.54) is 58.9 Å². The second kappa shape index (κ2) is 10.1. The first-order valence-electron chi connectivity index (χ1n) is 11.7. The summed E-state index contributed by atoms with van der Waals surface area (Å²) in [4.78, 5) is 42.7. The first-order valence-corrected chi connectivity index (χ1v) is 13.9. The average Bonchev–Trinajstić information content (AvgIpc) is 3.37. The molecule has 4 amide bonds. The lowest BCUT2D eigenvalue weighted by Gasteiger charge is -2.28. The monoisotopic (exact) mass is 549 g/mol. The van der Waals surface area contributed by atoms with Crippen LogP contribution in [0.2, 0.25) is 0 Å². The molecule has 0 saturated carbocycles. The van der Waals surface area contributed by atoms with Crippen LogP contribution in [-0.2, 0) is 27.7 Å². The molecule has 200 valence electrons. The minimum absolute atomic E-state index is 0.0308. The molecule has 0 unspecified atom stereocenters. The highest BCUT2D eigenvalue weighted by atomic mass is 32.2. The van der Waals surface area contributed by atoms with Gasteiger partial charge in [0.05, 0.1) is 22.6 Å². The second-order valence-electron chi connectivity index (χ2n) is 9.97. The van der Waals surface area contributed by atoms with Gasteiger partial charge in [-0.1, -0.05) is 0 Å². The number of carbonyl (C=O) groups is 3. The molecular formula is C24H31N5O6S2. The van der Waals surface area contributed by atoms with Gasteiger partial charge in [0.25, 0.3) is 11.8 Å². The molecular weight excluding hydrogens is 518 g/mol. The maximum Gasteiger partial charge on any atom is 0.323 e. The number of benzene rings is 1. The molecule has 0 atom stereocenters. The Morgan fingerprint density at radius 2 is 1.78 bits per heavy atom. The molecule has 0 radical (unpaired) electrons. The van der Waals surface area contributed by atoms with Crippen molar-refractivity contribution in [1.29, 1.82) is 0 Å². The molecule has 1 aromatic heterocycles. The second-order valence-corrected chi connectivity index (χ2v) is 12.9. The molecule has 2 N–H and O–H groups in total. The standard InChI is InChI=1S/C24H31N5O6S2/c1-24(2)13-35-14-29(24)37(33,34)16-8-6-15(7-9-16)20(30)25-22-19(21(31)26-23(32)27(3)4)17-10-11-28(5)12-18(17)36-22/h6-9H,10-14H2,1-5H3,(H,25,30)(H,26,31,32). The summed E-state index contributed by atoms with van der Waals surface area (Å²) in [5.74, 6) is -1.07. The third-order valence-corrected chi connectivity index (χ3v) is 9.55. The van der Waals surface area contributed by atoms with Crippen molar-refractivity contribution in [1.82, 2.24) is 19.4 Å². The number of anilines is 1. The fraction of sp³-hybridized carbons (Fsp3) is 0.458. The zero-order valence-corrected chi connectivity index (χ0v) is 23.1. The topological polar surface area (TPSA) is 128 Å². The van der Waals surface area contributed by atoms with Crippen LogP contribution < -0.4 is 10.6 Å². The van der Waals surface area contributed by atoms with Crippen LogP contribution in [0, 0.1) is 0 Å². The molecule has 3 heterocycles. The number of amides is 4. The largest absolute Gasteiger partial charge is 0.363 e. The van der Waals surface area contributed by atoms with Crippen LogP contribution in [0.15, 0.2) is 29.2 Å². The number of hydrogen-bond donors (Lipinski definition) is 2. The summed E-state index contributed by atoms with van der Waals surface area (Å²) >= 11 is 1.30. The van der Waals surface area contributed by atoms with Crippen molar-refractivity contribution in [2.45, 2.75) is 37.2 Å². The van der Waals surface area contributed by atoms with Gasteiger partial charge in [-0.2, -0.15) is 4.31 Å². The van der Waals surface area contributed by atoms with E-state index in [0.717, 1.165) is 17.0 Å². The third-order valence-electron chi connectivity index (χ3n) is 6.37. The van der Waals surface area contributed by atoms with Gasteiger partial charge in [-0.15, -0.1) is 11.3 Å². The Labute approximate surface area is 220 Å². The number of imide groups is 1. The molecule has 2 aliphatic rings.